The molecule has 1 N–H and O–H groups in total. The number of amides is 1. The van der Waals surface area contributed by atoms with Gasteiger partial charge in [0.05, 0.1) is 11.6 Å². The first-order chi connectivity index (χ1) is 14.4. The van der Waals surface area contributed by atoms with E-state index < -0.39 is 22.8 Å². The van der Waals surface area contributed by atoms with Gasteiger partial charge in [-0.05, 0) is 24.5 Å². The van der Waals surface area contributed by atoms with E-state index in [1.165, 1.54) is 12.3 Å². The van der Waals surface area contributed by atoms with E-state index in [2.05, 4.69) is 10.2 Å². The summed E-state index contributed by atoms with van der Waals surface area (Å²) in [7, 11) is 0. The van der Waals surface area contributed by atoms with Crippen LogP contribution in [0.4, 0.5) is 8.78 Å². The van der Waals surface area contributed by atoms with E-state index in [0.717, 1.165) is 36.3 Å². The minimum atomic E-state index is -0.692. The maximum absolute atomic E-state index is 13.9. The van der Waals surface area contributed by atoms with E-state index >= 15 is 0 Å². The quantitative estimate of drug-likeness (QED) is 0.690. The number of fused-ring (bicyclic) bond motifs is 2. The molecule has 7 nitrogen and oxygen atoms in total. The summed E-state index contributed by atoms with van der Waals surface area (Å²) < 4.78 is 28.6. The molecule has 0 unspecified atom stereocenters. The van der Waals surface area contributed by atoms with E-state index in [1.807, 2.05) is 0 Å². The Balaban J connectivity index is 1.51. The minimum Gasteiger partial charge on any atom is -0.503 e. The second-order valence-corrected chi connectivity index (χ2v) is 8.49. The second-order valence-electron chi connectivity index (χ2n) is 7.43. The molecule has 3 aromatic rings. The molecule has 4 heterocycles. The number of rotatable bonds is 3. The lowest BCUT2D eigenvalue weighted by molar-refractivity contribution is 0.0661. The average molecular weight is 430 g/mol. The third kappa shape index (κ3) is 2.98. The molecule has 0 spiro atoms. The maximum Gasteiger partial charge on any atom is 0.274 e. The number of aromatic nitrogens is 3. The number of benzene rings is 1. The smallest absolute Gasteiger partial charge is 0.274 e. The standard InChI is InChI=1S/C20H16F2N4O3S/c21-11-4-3-10(14(22)7-11)6-15-23-24-19(30-15)13-9-25-8-12-2-1-5-26(12)20(29)16(25)18(28)17(13)27/h3-4,7,9,12,28H,1-2,5-6,8H2/t12-/m1/s1. The molecule has 10 heteroatoms. The number of carbonyl (C=O) groups is 1. The monoisotopic (exact) mass is 430 g/mol. The molecule has 2 aliphatic heterocycles. The summed E-state index contributed by atoms with van der Waals surface area (Å²) in [5.74, 6) is -2.28. The van der Waals surface area contributed by atoms with Crippen molar-refractivity contribution in [3.63, 3.8) is 0 Å². The summed E-state index contributed by atoms with van der Waals surface area (Å²) in [4.78, 5) is 27.1. The zero-order chi connectivity index (χ0) is 21.0. The number of nitrogens with zero attached hydrogens (tertiary/aromatic N) is 4. The number of pyridine rings is 1. The zero-order valence-corrected chi connectivity index (χ0v) is 16.5. The lowest BCUT2D eigenvalue weighted by atomic mass is 10.1. The number of halogens is 2. The molecule has 1 atom stereocenters. The third-order valence-electron chi connectivity index (χ3n) is 5.56. The van der Waals surface area contributed by atoms with Crippen LogP contribution in [0.25, 0.3) is 10.6 Å². The third-order valence-corrected chi connectivity index (χ3v) is 6.51. The summed E-state index contributed by atoms with van der Waals surface area (Å²) in [6.45, 7) is 1.12. The fraction of sp³-hybridized carbons (Fsp3) is 0.300. The van der Waals surface area contributed by atoms with Crippen LogP contribution in [-0.2, 0) is 13.0 Å². The average Bonchev–Trinajstić information content (AvgIpc) is 3.36. The van der Waals surface area contributed by atoms with Gasteiger partial charge >= 0.3 is 0 Å². The molecule has 1 amide bonds. The van der Waals surface area contributed by atoms with Crippen molar-refractivity contribution in [2.75, 3.05) is 6.54 Å². The van der Waals surface area contributed by atoms with Crippen molar-refractivity contribution in [1.29, 1.82) is 0 Å². The second kappa shape index (κ2) is 6.98. The van der Waals surface area contributed by atoms with Crippen LogP contribution in [0.3, 0.4) is 0 Å². The Hall–Kier alpha value is -3.14. The Kier molecular flexibility index (Phi) is 4.39. The predicted molar refractivity (Wildman–Crippen MR) is 104 cm³/mol. The van der Waals surface area contributed by atoms with Gasteiger partial charge in [-0.1, -0.05) is 17.4 Å². The molecule has 0 saturated carbocycles. The molecular formula is C20H16F2N4O3S. The largest absolute Gasteiger partial charge is 0.503 e. The van der Waals surface area contributed by atoms with Gasteiger partial charge in [-0.25, -0.2) is 8.78 Å². The number of hydrogen-bond acceptors (Lipinski definition) is 6. The molecule has 2 aromatic heterocycles. The van der Waals surface area contributed by atoms with Crippen molar-refractivity contribution >= 4 is 17.2 Å². The van der Waals surface area contributed by atoms with Gasteiger partial charge in [0.25, 0.3) is 5.91 Å². The van der Waals surface area contributed by atoms with Crippen LogP contribution in [0, 0.1) is 11.6 Å². The van der Waals surface area contributed by atoms with E-state index in [4.69, 9.17) is 0 Å². The fourth-order valence-electron chi connectivity index (χ4n) is 4.09. The predicted octanol–water partition coefficient (Wildman–Crippen LogP) is 2.56. The van der Waals surface area contributed by atoms with E-state index in [1.54, 1.807) is 9.47 Å². The molecule has 0 radical (unpaired) electrons. The fourth-order valence-corrected chi connectivity index (χ4v) is 4.96. The minimum absolute atomic E-state index is 0.0000204. The van der Waals surface area contributed by atoms with Crippen LogP contribution in [0.15, 0.2) is 29.2 Å². The van der Waals surface area contributed by atoms with Crippen molar-refractivity contribution in [2.45, 2.75) is 31.8 Å². The van der Waals surface area contributed by atoms with Gasteiger partial charge in [0.15, 0.2) is 16.5 Å². The normalized spacial score (nSPS) is 17.9. The van der Waals surface area contributed by atoms with Crippen LogP contribution in [-0.4, -0.2) is 43.3 Å². The Morgan fingerprint density at radius 3 is 2.87 bits per heavy atom. The lowest BCUT2D eigenvalue weighted by Gasteiger charge is -2.32. The molecule has 0 bridgehead atoms. The van der Waals surface area contributed by atoms with E-state index in [9.17, 15) is 23.5 Å². The summed E-state index contributed by atoms with van der Waals surface area (Å²) in [5.41, 5.74) is -0.294. The molecule has 1 saturated heterocycles. The molecular weight excluding hydrogens is 414 g/mol. The Bertz CT molecular complexity index is 1240. The molecule has 1 aromatic carbocycles. The highest BCUT2D eigenvalue weighted by atomic mass is 32.1. The SMILES string of the molecule is O=C1c2c(O)c(=O)c(-c3nnc(Cc4ccc(F)cc4F)s3)cn2C[C@H]2CCCN12. The summed E-state index contributed by atoms with van der Waals surface area (Å²) in [6.07, 6.45) is 3.40. The molecule has 30 heavy (non-hydrogen) atoms. The molecule has 2 aliphatic rings. The molecule has 1 fully saturated rings. The van der Waals surface area contributed by atoms with Crippen molar-refractivity contribution in [3.05, 3.63) is 62.5 Å². The molecule has 5 rings (SSSR count). The van der Waals surface area contributed by atoms with Crippen LogP contribution < -0.4 is 5.43 Å². The van der Waals surface area contributed by atoms with Gasteiger partial charge in [-0.3, -0.25) is 9.59 Å². The van der Waals surface area contributed by atoms with Gasteiger partial charge in [-0.2, -0.15) is 0 Å². The van der Waals surface area contributed by atoms with Gasteiger partial charge in [0.2, 0.25) is 5.43 Å². The molecule has 0 aliphatic carbocycles. The molecule has 154 valence electrons. The number of carbonyl (C=O) groups excluding carboxylic acids is 1. The Labute approximate surface area is 173 Å². The van der Waals surface area contributed by atoms with Gasteiger partial charge in [-0.15, -0.1) is 10.2 Å². The lowest BCUT2D eigenvalue weighted by Crippen LogP contribution is -2.45. The first-order valence-electron chi connectivity index (χ1n) is 9.46. The zero-order valence-electron chi connectivity index (χ0n) is 15.6. The van der Waals surface area contributed by atoms with Crippen molar-refractivity contribution in [3.8, 4) is 16.3 Å². The van der Waals surface area contributed by atoms with Crippen molar-refractivity contribution in [2.24, 2.45) is 0 Å². The van der Waals surface area contributed by atoms with Crippen molar-refractivity contribution < 1.29 is 18.7 Å². The van der Waals surface area contributed by atoms with Crippen LogP contribution in [0.2, 0.25) is 0 Å². The topological polar surface area (TPSA) is 88.3 Å². The number of aromatic hydroxyl groups is 1. The first-order valence-corrected chi connectivity index (χ1v) is 10.3. The summed E-state index contributed by atoms with van der Waals surface area (Å²) in [6, 6.07) is 3.35. The van der Waals surface area contributed by atoms with Crippen LogP contribution in [0.1, 0.15) is 33.9 Å². The summed E-state index contributed by atoms with van der Waals surface area (Å²) in [5, 5.41) is 19.2. The highest BCUT2D eigenvalue weighted by Crippen LogP contribution is 2.32. The highest BCUT2D eigenvalue weighted by molar-refractivity contribution is 7.14. The van der Waals surface area contributed by atoms with Gasteiger partial charge < -0.3 is 14.6 Å². The van der Waals surface area contributed by atoms with Crippen LogP contribution in [0.5, 0.6) is 5.75 Å². The Morgan fingerprint density at radius 2 is 2.07 bits per heavy atom. The Morgan fingerprint density at radius 1 is 1.23 bits per heavy atom. The van der Waals surface area contributed by atoms with Crippen LogP contribution >= 0.6 is 11.3 Å². The maximum atomic E-state index is 13.9. The number of hydrogen-bond donors (Lipinski definition) is 1. The van der Waals surface area contributed by atoms with E-state index in [-0.39, 0.29) is 40.2 Å². The first kappa shape index (κ1) is 18.9. The van der Waals surface area contributed by atoms with Gasteiger partial charge in [0.1, 0.15) is 16.6 Å². The van der Waals surface area contributed by atoms with Crippen molar-refractivity contribution in [1.82, 2.24) is 19.7 Å². The summed E-state index contributed by atoms with van der Waals surface area (Å²) >= 11 is 1.09. The highest BCUT2D eigenvalue weighted by Gasteiger charge is 2.38. The van der Waals surface area contributed by atoms with Gasteiger partial charge in [0, 0.05) is 31.8 Å². The van der Waals surface area contributed by atoms with E-state index in [0.29, 0.717) is 18.1 Å².